The Hall–Kier alpha value is -1.26. The molecule has 0 aliphatic heterocycles. The van der Waals surface area contributed by atoms with Crippen molar-refractivity contribution in [1.29, 1.82) is 0 Å². The summed E-state index contributed by atoms with van der Waals surface area (Å²) >= 11 is 0. The summed E-state index contributed by atoms with van der Waals surface area (Å²) in [7, 11) is 10.3. The first-order chi connectivity index (χ1) is 9.49. The topological polar surface area (TPSA) is 34.4 Å². The summed E-state index contributed by atoms with van der Waals surface area (Å²) in [5.41, 5.74) is 0. The Labute approximate surface area is 123 Å². The van der Waals surface area contributed by atoms with Gasteiger partial charge in [-0.05, 0) is 38.5 Å². The predicted octanol–water partition coefficient (Wildman–Crippen LogP) is 1.86. The van der Waals surface area contributed by atoms with Gasteiger partial charge in [0.2, 0.25) is 11.9 Å². The van der Waals surface area contributed by atoms with Crippen molar-refractivity contribution in [3.63, 3.8) is 0 Å². The molecule has 0 N–H and O–H groups in total. The van der Waals surface area contributed by atoms with Gasteiger partial charge in [-0.1, -0.05) is 0 Å². The molecule has 114 valence electrons. The van der Waals surface area contributed by atoms with Crippen molar-refractivity contribution in [2.24, 2.45) is 9.98 Å². The number of guanidine groups is 2. The van der Waals surface area contributed by atoms with E-state index in [1.807, 2.05) is 38.0 Å². The van der Waals surface area contributed by atoms with Gasteiger partial charge >= 0.3 is 0 Å². The summed E-state index contributed by atoms with van der Waals surface area (Å²) in [6.07, 6.45) is 7.63. The molecule has 0 radical (unpaired) electrons. The molecule has 0 unspecified atom stereocenters. The van der Waals surface area contributed by atoms with Gasteiger partial charge in [0.05, 0.1) is 6.04 Å². The Balaban J connectivity index is 2.20. The Morgan fingerprint density at radius 1 is 0.850 bits per heavy atom. The van der Waals surface area contributed by atoms with Crippen molar-refractivity contribution in [2.75, 3.05) is 35.2 Å². The molecule has 5 heteroatoms. The molecule has 2 rings (SSSR count). The fourth-order valence-electron chi connectivity index (χ4n) is 2.50. The molecule has 0 spiro atoms. The Kier molecular flexibility index (Phi) is 4.89. The van der Waals surface area contributed by atoms with E-state index in [4.69, 9.17) is 9.98 Å². The highest BCUT2D eigenvalue weighted by molar-refractivity contribution is 5.94. The lowest BCUT2D eigenvalue weighted by Gasteiger charge is -2.37. The molecule has 0 atom stereocenters. The molecule has 0 aromatic heterocycles. The SMILES string of the molecule is CN(C)C(=N/C(=N\C1CCC1)N(C)C1CCC1)N(C)C. The molecule has 5 nitrogen and oxygen atoms in total. The first-order valence-electron chi connectivity index (χ1n) is 7.73. The van der Waals surface area contributed by atoms with Gasteiger partial charge in [0.15, 0.2) is 0 Å². The van der Waals surface area contributed by atoms with Crippen LogP contribution in [-0.4, -0.2) is 73.9 Å². The van der Waals surface area contributed by atoms with E-state index >= 15 is 0 Å². The summed E-state index contributed by atoms with van der Waals surface area (Å²) < 4.78 is 0. The number of hydrogen-bond donors (Lipinski definition) is 0. The molecule has 2 aliphatic rings. The van der Waals surface area contributed by atoms with Crippen LogP contribution in [0.25, 0.3) is 0 Å². The van der Waals surface area contributed by atoms with Crippen LogP contribution in [0.3, 0.4) is 0 Å². The third-order valence-corrected chi connectivity index (χ3v) is 4.31. The second kappa shape index (κ2) is 6.46. The minimum atomic E-state index is 0.488. The molecule has 0 aromatic rings. The van der Waals surface area contributed by atoms with Gasteiger partial charge < -0.3 is 14.7 Å². The van der Waals surface area contributed by atoms with Crippen LogP contribution in [0.2, 0.25) is 0 Å². The lowest BCUT2D eigenvalue weighted by atomic mass is 9.92. The second-order valence-electron chi connectivity index (χ2n) is 6.41. The van der Waals surface area contributed by atoms with Gasteiger partial charge in [0, 0.05) is 41.3 Å². The largest absolute Gasteiger partial charge is 0.349 e. The molecule has 2 saturated carbocycles. The number of aliphatic imine (C=N–C) groups is 2. The molecule has 0 saturated heterocycles. The molecular weight excluding hydrogens is 250 g/mol. The highest BCUT2D eigenvalue weighted by Gasteiger charge is 2.27. The fourth-order valence-corrected chi connectivity index (χ4v) is 2.50. The average Bonchev–Trinajstić information content (AvgIpc) is 2.22. The maximum atomic E-state index is 4.89. The van der Waals surface area contributed by atoms with Gasteiger partial charge in [-0.25, -0.2) is 4.99 Å². The minimum absolute atomic E-state index is 0.488. The average molecular weight is 279 g/mol. The number of hydrogen-bond acceptors (Lipinski definition) is 1. The molecule has 0 heterocycles. The molecule has 0 amide bonds. The molecule has 2 fully saturated rings. The third-order valence-electron chi connectivity index (χ3n) is 4.31. The first-order valence-corrected chi connectivity index (χ1v) is 7.73. The zero-order valence-electron chi connectivity index (χ0n) is 13.6. The smallest absolute Gasteiger partial charge is 0.224 e. The zero-order chi connectivity index (χ0) is 14.7. The molecule has 0 aromatic carbocycles. The summed E-state index contributed by atoms with van der Waals surface area (Å²) in [5.74, 6) is 1.87. The van der Waals surface area contributed by atoms with E-state index in [2.05, 4.69) is 11.9 Å². The quantitative estimate of drug-likeness (QED) is 0.571. The molecule has 20 heavy (non-hydrogen) atoms. The van der Waals surface area contributed by atoms with Crippen LogP contribution in [0.5, 0.6) is 0 Å². The van der Waals surface area contributed by atoms with E-state index < -0.39 is 0 Å². The van der Waals surface area contributed by atoms with Crippen LogP contribution in [0.15, 0.2) is 9.98 Å². The van der Waals surface area contributed by atoms with Gasteiger partial charge in [-0.15, -0.1) is 0 Å². The standard InChI is InChI=1S/C15H29N5/c1-18(2)15(19(3)4)17-14(16-12-8-6-9-12)20(5)13-10-7-11-13/h12-13H,6-11H2,1-5H3/b16-14+. The van der Waals surface area contributed by atoms with E-state index in [1.165, 1.54) is 38.5 Å². The number of rotatable bonds is 2. The van der Waals surface area contributed by atoms with Gasteiger partial charge in [0.1, 0.15) is 0 Å². The van der Waals surface area contributed by atoms with E-state index in [-0.39, 0.29) is 0 Å². The fraction of sp³-hybridized carbons (Fsp3) is 0.867. The van der Waals surface area contributed by atoms with Crippen molar-refractivity contribution in [3.05, 3.63) is 0 Å². The van der Waals surface area contributed by atoms with Crippen LogP contribution >= 0.6 is 0 Å². The predicted molar refractivity (Wildman–Crippen MR) is 85.3 cm³/mol. The molecular formula is C15H29N5. The van der Waals surface area contributed by atoms with E-state index in [1.54, 1.807) is 0 Å². The zero-order valence-corrected chi connectivity index (χ0v) is 13.6. The van der Waals surface area contributed by atoms with Crippen LogP contribution in [0.4, 0.5) is 0 Å². The molecule has 2 aliphatic carbocycles. The monoisotopic (exact) mass is 279 g/mol. The van der Waals surface area contributed by atoms with Crippen LogP contribution in [0, 0.1) is 0 Å². The Morgan fingerprint density at radius 2 is 1.40 bits per heavy atom. The van der Waals surface area contributed by atoms with Gasteiger partial charge in [-0.3, -0.25) is 0 Å². The van der Waals surface area contributed by atoms with Crippen molar-refractivity contribution >= 4 is 11.9 Å². The van der Waals surface area contributed by atoms with Crippen LogP contribution in [-0.2, 0) is 0 Å². The molecule has 0 bridgehead atoms. The summed E-state index contributed by atoms with van der Waals surface area (Å²) in [5, 5.41) is 0. The van der Waals surface area contributed by atoms with Crippen molar-refractivity contribution in [2.45, 2.75) is 50.6 Å². The van der Waals surface area contributed by atoms with Gasteiger partial charge in [-0.2, -0.15) is 4.99 Å². The third kappa shape index (κ3) is 3.44. The van der Waals surface area contributed by atoms with Gasteiger partial charge in [0.25, 0.3) is 0 Å². The second-order valence-corrected chi connectivity index (χ2v) is 6.41. The first kappa shape index (κ1) is 15.1. The summed E-state index contributed by atoms with van der Waals surface area (Å²) in [6, 6.07) is 1.12. The van der Waals surface area contributed by atoms with E-state index in [0.29, 0.717) is 12.1 Å². The maximum absolute atomic E-state index is 4.89. The number of nitrogens with zero attached hydrogens (tertiary/aromatic N) is 5. The summed E-state index contributed by atoms with van der Waals surface area (Å²) in [4.78, 5) is 16.1. The van der Waals surface area contributed by atoms with E-state index in [9.17, 15) is 0 Å². The Bertz CT molecular complexity index is 368. The summed E-state index contributed by atoms with van der Waals surface area (Å²) in [6.45, 7) is 0. The minimum Gasteiger partial charge on any atom is -0.349 e. The van der Waals surface area contributed by atoms with Crippen LogP contribution in [0.1, 0.15) is 38.5 Å². The van der Waals surface area contributed by atoms with Crippen molar-refractivity contribution < 1.29 is 0 Å². The van der Waals surface area contributed by atoms with E-state index in [0.717, 1.165) is 11.9 Å². The highest BCUT2D eigenvalue weighted by atomic mass is 15.4. The lowest BCUT2D eigenvalue weighted by molar-refractivity contribution is 0.236. The normalized spacial score (nSPS) is 19.9. The lowest BCUT2D eigenvalue weighted by Crippen LogP contribution is -2.44. The van der Waals surface area contributed by atoms with Crippen LogP contribution < -0.4 is 0 Å². The van der Waals surface area contributed by atoms with Crippen molar-refractivity contribution in [3.8, 4) is 0 Å². The maximum Gasteiger partial charge on any atom is 0.224 e. The van der Waals surface area contributed by atoms with Crippen molar-refractivity contribution in [1.82, 2.24) is 14.7 Å². The highest BCUT2D eigenvalue weighted by Crippen LogP contribution is 2.26. The Morgan fingerprint density at radius 3 is 1.75 bits per heavy atom.